The molecular weight excluding hydrogens is 266 g/mol. The summed E-state index contributed by atoms with van der Waals surface area (Å²) in [6.07, 6.45) is 1.90. The van der Waals surface area contributed by atoms with Crippen molar-refractivity contribution in [1.29, 1.82) is 0 Å². The Labute approximate surface area is 114 Å². The number of rotatable bonds is 7. The average Bonchev–Trinajstić information content (AvgIpc) is 2.39. The fourth-order valence-corrected chi connectivity index (χ4v) is 3.01. The molecule has 6 heteroatoms. The molecule has 0 amide bonds. The Balaban J connectivity index is 2.94. The number of nitrogens with one attached hydrogen (secondary N) is 1. The molecule has 0 saturated carbocycles. The van der Waals surface area contributed by atoms with Crippen molar-refractivity contribution in [3.63, 3.8) is 0 Å². The van der Waals surface area contributed by atoms with Crippen LogP contribution in [-0.2, 0) is 16.4 Å². The van der Waals surface area contributed by atoms with Crippen molar-refractivity contribution in [3.05, 3.63) is 29.8 Å². The smallest absolute Gasteiger partial charge is 0.241 e. The van der Waals surface area contributed by atoms with Crippen LogP contribution >= 0.6 is 0 Å². The van der Waals surface area contributed by atoms with Crippen LogP contribution in [0.4, 0.5) is 0 Å². The molecule has 0 aliphatic heterocycles. The first-order chi connectivity index (χ1) is 8.87. The Bertz CT molecular complexity index is 492. The predicted molar refractivity (Wildman–Crippen MR) is 73.3 cm³/mol. The fraction of sp³-hybridized carbons (Fsp3) is 0.538. The van der Waals surface area contributed by atoms with Crippen LogP contribution in [0.1, 0.15) is 25.8 Å². The van der Waals surface area contributed by atoms with E-state index in [1.165, 1.54) is 19.1 Å². The van der Waals surface area contributed by atoms with Gasteiger partial charge in [0.1, 0.15) is 0 Å². The summed E-state index contributed by atoms with van der Waals surface area (Å²) >= 11 is 0. The van der Waals surface area contributed by atoms with Crippen molar-refractivity contribution in [3.8, 4) is 0 Å². The first kappa shape index (κ1) is 16.1. The van der Waals surface area contributed by atoms with Crippen molar-refractivity contribution < 1.29 is 18.6 Å². The molecule has 0 bridgehead atoms. The topological polar surface area (TPSA) is 86.6 Å². The van der Waals surface area contributed by atoms with Crippen molar-refractivity contribution in [1.82, 2.24) is 4.72 Å². The maximum atomic E-state index is 12.1. The maximum Gasteiger partial charge on any atom is 0.241 e. The molecule has 108 valence electrons. The zero-order valence-corrected chi connectivity index (χ0v) is 12.1. The molecular formula is C13H21NO4S. The third-order valence-electron chi connectivity index (χ3n) is 2.85. The van der Waals surface area contributed by atoms with Gasteiger partial charge >= 0.3 is 0 Å². The molecule has 0 fully saturated rings. The highest BCUT2D eigenvalue weighted by Crippen LogP contribution is 2.14. The van der Waals surface area contributed by atoms with Crippen LogP contribution in [0.25, 0.3) is 0 Å². The normalized spacial score (nSPS) is 12.6. The molecule has 1 rings (SSSR count). The van der Waals surface area contributed by atoms with Gasteiger partial charge in [-0.1, -0.05) is 25.5 Å². The Morgan fingerprint density at radius 2 is 1.68 bits per heavy atom. The molecule has 0 aliphatic rings. The Hall–Kier alpha value is -0.950. The zero-order valence-electron chi connectivity index (χ0n) is 11.3. The molecule has 0 heterocycles. The van der Waals surface area contributed by atoms with Gasteiger partial charge in [0.2, 0.25) is 10.0 Å². The Morgan fingerprint density at radius 1 is 1.16 bits per heavy atom. The summed E-state index contributed by atoms with van der Waals surface area (Å²) in [5.41, 5.74) is -0.186. The van der Waals surface area contributed by atoms with Crippen LogP contribution in [0.5, 0.6) is 0 Å². The van der Waals surface area contributed by atoms with Crippen LogP contribution in [0, 0.1) is 0 Å². The standard InChI is InChI=1S/C13H21NO4S/c1-3-4-11-5-7-12(8-6-11)19(17,18)14-13(2,9-15)10-16/h5-8,14-16H,3-4,9-10H2,1-2H3. The lowest BCUT2D eigenvalue weighted by atomic mass is 10.1. The molecule has 1 aromatic rings. The van der Waals surface area contributed by atoms with E-state index in [2.05, 4.69) is 11.6 Å². The van der Waals surface area contributed by atoms with Gasteiger partial charge in [0.25, 0.3) is 0 Å². The number of sulfonamides is 1. The SMILES string of the molecule is CCCc1ccc(S(=O)(=O)NC(C)(CO)CO)cc1. The molecule has 0 radical (unpaired) electrons. The van der Waals surface area contributed by atoms with Crippen LogP contribution < -0.4 is 4.72 Å². The summed E-state index contributed by atoms with van der Waals surface area (Å²) in [6, 6.07) is 6.60. The minimum atomic E-state index is -3.74. The maximum absolute atomic E-state index is 12.1. The van der Waals surface area contributed by atoms with Gasteiger partial charge in [-0.25, -0.2) is 13.1 Å². The summed E-state index contributed by atoms with van der Waals surface area (Å²) in [4.78, 5) is 0.125. The second kappa shape index (κ2) is 6.47. The molecule has 0 unspecified atom stereocenters. The molecule has 0 atom stereocenters. The fourth-order valence-electron chi connectivity index (χ4n) is 1.62. The van der Waals surface area contributed by atoms with Crippen molar-refractivity contribution >= 4 is 10.0 Å². The second-order valence-electron chi connectivity index (χ2n) is 4.88. The highest BCUT2D eigenvalue weighted by molar-refractivity contribution is 7.89. The summed E-state index contributed by atoms with van der Waals surface area (Å²) in [5, 5.41) is 18.2. The van der Waals surface area contributed by atoms with Crippen LogP contribution in [0.3, 0.4) is 0 Å². The van der Waals surface area contributed by atoms with E-state index in [-0.39, 0.29) is 4.90 Å². The quantitative estimate of drug-likeness (QED) is 0.687. The molecule has 0 spiro atoms. The molecule has 0 aliphatic carbocycles. The predicted octanol–water partition coefficient (Wildman–Crippen LogP) is 0.661. The van der Waals surface area contributed by atoms with Gasteiger partial charge in [-0.15, -0.1) is 0 Å². The lowest BCUT2D eigenvalue weighted by Crippen LogP contribution is -2.51. The zero-order chi connectivity index (χ0) is 14.5. The molecule has 19 heavy (non-hydrogen) atoms. The Morgan fingerprint density at radius 3 is 2.11 bits per heavy atom. The van der Waals surface area contributed by atoms with Crippen molar-refractivity contribution in [2.24, 2.45) is 0 Å². The van der Waals surface area contributed by atoms with E-state index in [4.69, 9.17) is 10.2 Å². The Kier molecular flexibility index (Phi) is 5.49. The lowest BCUT2D eigenvalue weighted by molar-refractivity contribution is 0.122. The number of benzene rings is 1. The van der Waals surface area contributed by atoms with E-state index in [0.29, 0.717) is 0 Å². The van der Waals surface area contributed by atoms with Gasteiger partial charge in [0.15, 0.2) is 0 Å². The van der Waals surface area contributed by atoms with E-state index in [0.717, 1.165) is 18.4 Å². The number of aliphatic hydroxyl groups is 2. The number of aliphatic hydroxyl groups excluding tert-OH is 2. The summed E-state index contributed by atoms with van der Waals surface area (Å²) < 4.78 is 26.5. The summed E-state index contributed by atoms with van der Waals surface area (Å²) in [7, 11) is -3.74. The number of hydrogen-bond donors (Lipinski definition) is 3. The van der Waals surface area contributed by atoms with E-state index < -0.39 is 28.8 Å². The van der Waals surface area contributed by atoms with E-state index in [1.54, 1.807) is 12.1 Å². The van der Waals surface area contributed by atoms with E-state index in [9.17, 15) is 8.42 Å². The first-order valence-corrected chi connectivity index (χ1v) is 7.70. The van der Waals surface area contributed by atoms with Crippen LogP contribution in [0.2, 0.25) is 0 Å². The molecule has 0 saturated heterocycles. The van der Waals surface area contributed by atoms with E-state index >= 15 is 0 Å². The lowest BCUT2D eigenvalue weighted by Gasteiger charge is -2.25. The minimum absolute atomic E-state index is 0.125. The number of hydrogen-bond acceptors (Lipinski definition) is 4. The van der Waals surface area contributed by atoms with Gasteiger partial charge in [-0.3, -0.25) is 0 Å². The van der Waals surface area contributed by atoms with E-state index in [1.807, 2.05) is 0 Å². The summed E-state index contributed by atoms with van der Waals surface area (Å²) in [5.74, 6) is 0. The van der Waals surface area contributed by atoms with Crippen molar-refractivity contribution in [2.75, 3.05) is 13.2 Å². The first-order valence-electron chi connectivity index (χ1n) is 6.21. The van der Waals surface area contributed by atoms with Gasteiger partial charge in [0, 0.05) is 0 Å². The monoisotopic (exact) mass is 287 g/mol. The van der Waals surface area contributed by atoms with Crippen molar-refractivity contribution in [2.45, 2.75) is 37.1 Å². The molecule has 0 aromatic heterocycles. The van der Waals surface area contributed by atoms with Crippen LogP contribution in [-0.4, -0.2) is 37.4 Å². The van der Waals surface area contributed by atoms with Crippen LogP contribution in [0.15, 0.2) is 29.2 Å². The van der Waals surface area contributed by atoms with Gasteiger partial charge < -0.3 is 10.2 Å². The second-order valence-corrected chi connectivity index (χ2v) is 6.56. The summed E-state index contributed by atoms with van der Waals surface area (Å²) in [6.45, 7) is 2.55. The third kappa shape index (κ3) is 4.28. The average molecular weight is 287 g/mol. The molecule has 1 aromatic carbocycles. The molecule has 5 nitrogen and oxygen atoms in total. The number of aryl methyl sites for hydroxylation is 1. The van der Waals surface area contributed by atoms with Gasteiger partial charge in [0.05, 0.1) is 23.6 Å². The highest BCUT2D eigenvalue weighted by Gasteiger charge is 2.29. The minimum Gasteiger partial charge on any atom is -0.394 e. The largest absolute Gasteiger partial charge is 0.394 e. The van der Waals surface area contributed by atoms with Gasteiger partial charge in [-0.2, -0.15) is 0 Å². The highest BCUT2D eigenvalue weighted by atomic mass is 32.2. The van der Waals surface area contributed by atoms with Gasteiger partial charge in [-0.05, 0) is 31.0 Å². The molecule has 3 N–H and O–H groups in total. The third-order valence-corrected chi connectivity index (χ3v) is 4.51.